The van der Waals surface area contributed by atoms with Gasteiger partial charge >= 0.3 is 5.97 Å². The summed E-state index contributed by atoms with van der Waals surface area (Å²) in [4.78, 5) is 24.3. The van der Waals surface area contributed by atoms with Crippen molar-refractivity contribution in [3.05, 3.63) is 29.3 Å². The summed E-state index contributed by atoms with van der Waals surface area (Å²) >= 11 is 0. The summed E-state index contributed by atoms with van der Waals surface area (Å²) in [6, 6.07) is 3.88. The van der Waals surface area contributed by atoms with Crippen LogP contribution in [0.3, 0.4) is 0 Å². The van der Waals surface area contributed by atoms with Crippen LogP contribution in [0.25, 0.3) is 0 Å². The number of carboxylic acid groups (broad SMARTS) is 1. The maximum atomic E-state index is 11.6. The predicted octanol–water partition coefficient (Wildman–Crippen LogP) is -0.122. The molecule has 0 fully saturated rings. The first-order valence-electron chi connectivity index (χ1n) is 6.00. The Hall–Kier alpha value is -1.92. The van der Waals surface area contributed by atoms with Gasteiger partial charge in [0.25, 0.3) is 0 Å². The molecule has 2 unspecified atom stereocenters. The summed E-state index contributed by atoms with van der Waals surface area (Å²) in [6.45, 7) is 0. The second-order valence-electron chi connectivity index (χ2n) is 4.65. The SMILES string of the molecule is CNC(C(=O)O)C(N)c1ccc2c(c1)CC(=O)N2C. The number of hydrogen-bond acceptors (Lipinski definition) is 4. The number of likely N-dealkylation sites (N-methyl/N-ethyl adjacent to an activating group) is 2. The fourth-order valence-electron chi connectivity index (χ4n) is 2.35. The van der Waals surface area contributed by atoms with Crippen LogP contribution in [-0.2, 0) is 16.0 Å². The number of hydrogen-bond donors (Lipinski definition) is 3. The molecule has 0 saturated carbocycles. The van der Waals surface area contributed by atoms with Gasteiger partial charge in [-0.3, -0.25) is 9.59 Å². The Morgan fingerprint density at radius 3 is 2.79 bits per heavy atom. The van der Waals surface area contributed by atoms with Gasteiger partial charge in [0.05, 0.1) is 12.5 Å². The van der Waals surface area contributed by atoms with Gasteiger partial charge in [0, 0.05) is 12.7 Å². The maximum absolute atomic E-state index is 11.6. The minimum absolute atomic E-state index is 0.0316. The Bertz CT molecular complexity index is 530. The molecule has 0 bridgehead atoms. The van der Waals surface area contributed by atoms with Crippen molar-refractivity contribution >= 4 is 17.6 Å². The lowest BCUT2D eigenvalue weighted by Crippen LogP contribution is -2.43. The Morgan fingerprint density at radius 2 is 2.21 bits per heavy atom. The van der Waals surface area contributed by atoms with Gasteiger partial charge in [-0.15, -0.1) is 0 Å². The zero-order valence-electron chi connectivity index (χ0n) is 10.9. The van der Waals surface area contributed by atoms with E-state index in [1.54, 1.807) is 25.1 Å². The van der Waals surface area contributed by atoms with Gasteiger partial charge in [-0.1, -0.05) is 12.1 Å². The fourth-order valence-corrected chi connectivity index (χ4v) is 2.35. The summed E-state index contributed by atoms with van der Waals surface area (Å²) in [7, 11) is 3.28. The van der Waals surface area contributed by atoms with E-state index in [1.807, 2.05) is 12.1 Å². The molecular weight excluding hydrogens is 246 g/mol. The van der Waals surface area contributed by atoms with Crippen molar-refractivity contribution in [1.29, 1.82) is 0 Å². The van der Waals surface area contributed by atoms with Gasteiger partial charge in [0.2, 0.25) is 5.91 Å². The Kier molecular flexibility index (Phi) is 3.55. The van der Waals surface area contributed by atoms with Gasteiger partial charge in [-0.05, 0) is 24.2 Å². The van der Waals surface area contributed by atoms with E-state index in [0.717, 1.165) is 11.3 Å². The molecular formula is C13H17N3O3. The van der Waals surface area contributed by atoms with E-state index in [1.165, 1.54) is 0 Å². The molecule has 2 rings (SSSR count). The third-order valence-electron chi connectivity index (χ3n) is 3.50. The van der Waals surface area contributed by atoms with Crippen LogP contribution in [-0.4, -0.2) is 37.1 Å². The van der Waals surface area contributed by atoms with Crippen LogP contribution in [0.2, 0.25) is 0 Å². The third-order valence-corrected chi connectivity index (χ3v) is 3.50. The lowest BCUT2D eigenvalue weighted by atomic mass is 9.97. The first-order valence-corrected chi connectivity index (χ1v) is 6.00. The van der Waals surface area contributed by atoms with Crippen molar-refractivity contribution in [3.63, 3.8) is 0 Å². The quantitative estimate of drug-likeness (QED) is 0.703. The number of benzene rings is 1. The summed E-state index contributed by atoms with van der Waals surface area (Å²) in [5.74, 6) is -0.965. The molecule has 1 aromatic carbocycles. The molecule has 0 radical (unpaired) electrons. The molecule has 0 saturated heterocycles. The molecule has 6 nitrogen and oxygen atoms in total. The number of aliphatic carboxylic acids is 1. The molecule has 102 valence electrons. The van der Waals surface area contributed by atoms with Crippen molar-refractivity contribution in [2.75, 3.05) is 19.0 Å². The van der Waals surface area contributed by atoms with Gasteiger partial charge in [-0.25, -0.2) is 0 Å². The second kappa shape index (κ2) is 4.99. The van der Waals surface area contributed by atoms with Crippen LogP contribution >= 0.6 is 0 Å². The van der Waals surface area contributed by atoms with Crippen LogP contribution in [0.5, 0.6) is 0 Å². The lowest BCUT2D eigenvalue weighted by Gasteiger charge is -2.20. The number of carbonyl (C=O) groups excluding carboxylic acids is 1. The van der Waals surface area contributed by atoms with E-state index in [0.29, 0.717) is 12.0 Å². The number of nitrogens with zero attached hydrogens (tertiary/aromatic N) is 1. The Morgan fingerprint density at radius 1 is 1.53 bits per heavy atom. The normalized spacial score (nSPS) is 17.2. The molecule has 1 aromatic rings. The number of carboxylic acids is 1. The second-order valence-corrected chi connectivity index (χ2v) is 4.65. The molecule has 1 heterocycles. The van der Waals surface area contributed by atoms with E-state index < -0.39 is 18.1 Å². The lowest BCUT2D eigenvalue weighted by molar-refractivity contribution is -0.139. The number of amides is 1. The molecule has 0 spiro atoms. The minimum Gasteiger partial charge on any atom is -0.480 e. The van der Waals surface area contributed by atoms with Gasteiger partial charge in [-0.2, -0.15) is 0 Å². The molecule has 19 heavy (non-hydrogen) atoms. The standard InChI is InChI=1S/C13H17N3O3/c1-15-12(13(18)19)11(14)7-3-4-9-8(5-7)6-10(17)16(9)2/h3-5,11-12,15H,6,14H2,1-2H3,(H,18,19). The first-order chi connectivity index (χ1) is 8.95. The van der Waals surface area contributed by atoms with E-state index in [4.69, 9.17) is 10.8 Å². The van der Waals surface area contributed by atoms with Crippen molar-refractivity contribution < 1.29 is 14.7 Å². The van der Waals surface area contributed by atoms with E-state index >= 15 is 0 Å². The van der Waals surface area contributed by atoms with Crippen LogP contribution in [0.1, 0.15) is 17.2 Å². The van der Waals surface area contributed by atoms with Crippen LogP contribution < -0.4 is 16.0 Å². The Balaban J connectivity index is 2.31. The zero-order chi connectivity index (χ0) is 14.2. The van der Waals surface area contributed by atoms with E-state index in [2.05, 4.69) is 5.32 Å². The highest BCUT2D eigenvalue weighted by Gasteiger charge is 2.28. The monoisotopic (exact) mass is 263 g/mol. The van der Waals surface area contributed by atoms with Gasteiger partial charge in [0.15, 0.2) is 0 Å². The maximum Gasteiger partial charge on any atom is 0.322 e. The number of anilines is 1. The minimum atomic E-state index is -0.997. The van der Waals surface area contributed by atoms with Crippen LogP contribution in [0, 0.1) is 0 Å². The molecule has 0 aliphatic carbocycles. The smallest absolute Gasteiger partial charge is 0.322 e. The summed E-state index contributed by atoms with van der Waals surface area (Å²) < 4.78 is 0. The molecule has 1 amide bonds. The zero-order valence-corrected chi connectivity index (χ0v) is 10.9. The number of nitrogens with two attached hydrogens (primary N) is 1. The average molecular weight is 263 g/mol. The van der Waals surface area contributed by atoms with Crippen LogP contribution in [0.4, 0.5) is 5.69 Å². The van der Waals surface area contributed by atoms with E-state index in [9.17, 15) is 9.59 Å². The highest BCUT2D eigenvalue weighted by molar-refractivity contribution is 6.00. The first kappa shape index (κ1) is 13.5. The molecule has 6 heteroatoms. The number of carbonyl (C=O) groups is 2. The third kappa shape index (κ3) is 2.32. The summed E-state index contributed by atoms with van der Waals surface area (Å²) in [5.41, 5.74) is 8.43. The molecule has 4 N–H and O–H groups in total. The molecule has 1 aliphatic heterocycles. The fraction of sp³-hybridized carbons (Fsp3) is 0.385. The molecule has 0 aromatic heterocycles. The van der Waals surface area contributed by atoms with Crippen molar-refractivity contribution in [2.24, 2.45) is 5.73 Å². The number of fused-ring (bicyclic) bond motifs is 1. The molecule has 1 aliphatic rings. The average Bonchev–Trinajstić information content (AvgIpc) is 2.65. The Labute approximate surface area is 111 Å². The predicted molar refractivity (Wildman–Crippen MR) is 71.0 cm³/mol. The summed E-state index contributed by atoms with van der Waals surface area (Å²) in [6.07, 6.45) is 0.337. The van der Waals surface area contributed by atoms with E-state index in [-0.39, 0.29) is 5.91 Å². The molecule has 2 atom stereocenters. The number of nitrogens with one attached hydrogen (secondary N) is 1. The highest BCUT2D eigenvalue weighted by atomic mass is 16.4. The topological polar surface area (TPSA) is 95.7 Å². The van der Waals surface area contributed by atoms with Crippen molar-refractivity contribution in [1.82, 2.24) is 5.32 Å². The van der Waals surface area contributed by atoms with Crippen molar-refractivity contribution in [2.45, 2.75) is 18.5 Å². The highest BCUT2D eigenvalue weighted by Crippen LogP contribution is 2.30. The number of rotatable bonds is 4. The summed E-state index contributed by atoms with van der Waals surface area (Å²) in [5, 5.41) is 11.8. The van der Waals surface area contributed by atoms with Crippen molar-refractivity contribution in [3.8, 4) is 0 Å². The van der Waals surface area contributed by atoms with Crippen LogP contribution in [0.15, 0.2) is 18.2 Å². The largest absolute Gasteiger partial charge is 0.480 e. The van der Waals surface area contributed by atoms with Gasteiger partial charge < -0.3 is 21.1 Å². The van der Waals surface area contributed by atoms with Gasteiger partial charge in [0.1, 0.15) is 6.04 Å².